The fourth-order valence-corrected chi connectivity index (χ4v) is 4.19. The van der Waals surface area contributed by atoms with Gasteiger partial charge in [-0.25, -0.2) is 0 Å². The van der Waals surface area contributed by atoms with E-state index in [4.69, 9.17) is 5.10 Å². The molecule has 1 heterocycles. The number of allylic oxidation sites excluding steroid dienone is 1. The van der Waals surface area contributed by atoms with Gasteiger partial charge in [-0.3, -0.25) is 5.01 Å². The van der Waals surface area contributed by atoms with Crippen LogP contribution in [0, 0.1) is 0 Å². The molecular formula is C26H24N4. The zero-order valence-electron chi connectivity index (χ0n) is 16.9. The van der Waals surface area contributed by atoms with Crippen LogP contribution >= 0.6 is 0 Å². The first-order valence-corrected chi connectivity index (χ1v) is 10.5. The molecule has 0 amide bonds. The third-order valence-corrected chi connectivity index (χ3v) is 5.69. The highest BCUT2D eigenvalue weighted by Gasteiger charge is 2.32. The van der Waals surface area contributed by atoms with Crippen LogP contribution in [0.2, 0.25) is 0 Å². The lowest BCUT2D eigenvalue weighted by molar-refractivity contribution is 0.602. The molecule has 0 saturated carbocycles. The fourth-order valence-electron chi connectivity index (χ4n) is 4.19. The molecule has 1 aliphatic heterocycles. The third kappa shape index (κ3) is 3.81. The van der Waals surface area contributed by atoms with Crippen molar-refractivity contribution in [2.75, 3.05) is 5.01 Å². The quantitative estimate of drug-likeness (QED) is 0.432. The summed E-state index contributed by atoms with van der Waals surface area (Å²) in [5.74, 6) is 0. The van der Waals surface area contributed by atoms with Crippen LogP contribution in [0.4, 0.5) is 11.4 Å². The molecule has 0 aromatic heterocycles. The van der Waals surface area contributed by atoms with E-state index in [0.29, 0.717) is 0 Å². The van der Waals surface area contributed by atoms with Crippen LogP contribution in [0.1, 0.15) is 37.3 Å². The summed E-state index contributed by atoms with van der Waals surface area (Å²) < 4.78 is 0. The van der Waals surface area contributed by atoms with E-state index in [1.54, 1.807) is 0 Å². The highest BCUT2D eigenvalue weighted by molar-refractivity contribution is 6.03. The minimum atomic E-state index is 0.146. The van der Waals surface area contributed by atoms with Gasteiger partial charge >= 0.3 is 0 Å². The summed E-state index contributed by atoms with van der Waals surface area (Å²) in [4.78, 5) is 0. The maximum atomic E-state index is 5.13. The van der Waals surface area contributed by atoms with Crippen molar-refractivity contribution in [2.45, 2.75) is 31.7 Å². The van der Waals surface area contributed by atoms with Gasteiger partial charge in [-0.05, 0) is 49.1 Å². The number of para-hydroxylation sites is 1. The molecule has 4 heteroatoms. The zero-order valence-corrected chi connectivity index (χ0v) is 16.9. The SMILES string of the molecule is c1ccc(N=NC2=C3CC(c4ccccc4)N(c4ccccc4)N=C3CCC2)cc1. The van der Waals surface area contributed by atoms with Gasteiger partial charge in [0.15, 0.2) is 0 Å². The molecular weight excluding hydrogens is 368 g/mol. The van der Waals surface area contributed by atoms with E-state index in [9.17, 15) is 0 Å². The number of rotatable bonds is 4. The Morgan fingerprint density at radius 3 is 2.13 bits per heavy atom. The van der Waals surface area contributed by atoms with Crippen molar-refractivity contribution in [1.82, 2.24) is 0 Å². The summed E-state index contributed by atoms with van der Waals surface area (Å²) in [6, 6.07) is 31.2. The van der Waals surface area contributed by atoms with Gasteiger partial charge in [0, 0.05) is 12.0 Å². The fraction of sp³-hybridized carbons (Fsp3) is 0.192. The van der Waals surface area contributed by atoms with Gasteiger partial charge in [-0.1, -0.05) is 66.7 Å². The second kappa shape index (κ2) is 8.46. The summed E-state index contributed by atoms with van der Waals surface area (Å²) in [5.41, 5.74) is 6.77. The summed E-state index contributed by atoms with van der Waals surface area (Å²) in [5, 5.41) is 16.5. The molecule has 0 spiro atoms. The van der Waals surface area contributed by atoms with Crippen LogP contribution in [0.5, 0.6) is 0 Å². The molecule has 30 heavy (non-hydrogen) atoms. The Morgan fingerprint density at radius 2 is 1.40 bits per heavy atom. The lowest BCUT2D eigenvalue weighted by Crippen LogP contribution is -2.32. The van der Waals surface area contributed by atoms with Gasteiger partial charge in [-0.2, -0.15) is 15.3 Å². The van der Waals surface area contributed by atoms with Gasteiger partial charge in [0.2, 0.25) is 0 Å². The minimum Gasteiger partial charge on any atom is -0.257 e. The van der Waals surface area contributed by atoms with E-state index in [0.717, 1.165) is 48.5 Å². The number of hydrazone groups is 1. The first-order valence-electron chi connectivity index (χ1n) is 10.5. The van der Waals surface area contributed by atoms with E-state index < -0.39 is 0 Å². The van der Waals surface area contributed by atoms with Gasteiger partial charge in [-0.15, -0.1) is 0 Å². The van der Waals surface area contributed by atoms with Crippen molar-refractivity contribution in [2.24, 2.45) is 15.3 Å². The van der Waals surface area contributed by atoms with Crippen LogP contribution in [0.15, 0.2) is 118 Å². The highest BCUT2D eigenvalue weighted by Crippen LogP contribution is 2.41. The zero-order chi connectivity index (χ0) is 20.2. The Kier molecular flexibility index (Phi) is 5.21. The molecule has 1 unspecified atom stereocenters. The lowest BCUT2D eigenvalue weighted by Gasteiger charge is -2.37. The van der Waals surface area contributed by atoms with E-state index in [2.05, 4.69) is 69.8 Å². The van der Waals surface area contributed by atoms with Gasteiger partial charge in [0.25, 0.3) is 0 Å². The Balaban J connectivity index is 1.57. The summed E-state index contributed by atoms with van der Waals surface area (Å²) >= 11 is 0. The molecule has 1 aliphatic carbocycles. The molecule has 3 aromatic carbocycles. The van der Waals surface area contributed by atoms with Gasteiger partial charge in [0.05, 0.1) is 28.8 Å². The third-order valence-electron chi connectivity index (χ3n) is 5.69. The van der Waals surface area contributed by atoms with Crippen LogP contribution in [0.3, 0.4) is 0 Å². The van der Waals surface area contributed by atoms with Crippen molar-refractivity contribution >= 4 is 17.1 Å². The molecule has 1 atom stereocenters. The van der Waals surface area contributed by atoms with Crippen molar-refractivity contribution in [1.29, 1.82) is 0 Å². The molecule has 2 aliphatic rings. The summed E-state index contributed by atoms with van der Waals surface area (Å²) in [6.07, 6.45) is 3.90. The lowest BCUT2D eigenvalue weighted by atomic mass is 9.86. The van der Waals surface area contributed by atoms with Crippen molar-refractivity contribution in [3.8, 4) is 0 Å². The van der Waals surface area contributed by atoms with E-state index in [1.807, 2.05) is 36.4 Å². The predicted molar refractivity (Wildman–Crippen MR) is 122 cm³/mol. The number of hydrogen-bond donors (Lipinski definition) is 0. The van der Waals surface area contributed by atoms with Crippen LogP contribution < -0.4 is 5.01 Å². The Labute approximate surface area is 177 Å². The minimum absolute atomic E-state index is 0.146. The molecule has 0 fully saturated rings. The maximum Gasteiger partial charge on any atom is 0.0856 e. The topological polar surface area (TPSA) is 40.3 Å². The second-order valence-corrected chi connectivity index (χ2v) is 7.67. The molecule has 5 rings (SSSR count). The molecule has 0 N–H and O–H groups in total. The summed E-state index contributed by atoms with van der Waals surface area (Å²) in [7, 11) is 0. The largest absolute Gasteiger partial charge is 0.257 e. The predicted octanol–water partition coefficient (Wildman–Crippen LogP) is 7.22. The van der Waals surface area contributed by atoms with E-state index in [-0.39, 0.29) is 6.04 Å². The highest BCUT2D eigenvalue weighted by atomic mass is 15.5. The van der Waals surface area contributed by atoms with Crippen LogP contribution in [-0.4, -0.2) is 5.71 Å². The number of benzene rings is 3. The molecule has 4 nitrogen and oxygen atoms in total. The Morgan fingerprint density at radius 1 is 0.733 bits per heavy atom. The van der Waals surface area contributed by atoms with Crippen molar-refractivity contribution in [3.63, 3.8) is 0 Å². The number of nitrogens with zero attached hydrogens (tertiary/aromatic N) is 4. The molecule has 0 bridgehead atoms. The Bertz CT molecular complexity index is 1090. The van der Waals surface area contributed by atoms with E-state index in [1.165, 1.54) is 11.1 Å². The summed E-state index contributed by atoms with van der Waals surface area (Å²) in [6.45, 7) is 0. The van der Waals surface area contributed by atoms with Gasteiger partial charge < -0.3 is 0 Å². The monoisotopic (exact) mass is 392 g/mol. The van der Waals surface area contributed by atoms with Crippen molar-refractivity contribution in [3.05, 3.63) is 108 Å². The normalized spacial score (nSPS) is 19.0. The standard InChI is InChI=1S/C26H24N4/c1-4-11-20(12-5-1)26-19-23-24(28-27-21-13-6-2-7-14-21)17-10-18-25(23)29-30(26)22-15-8-3-9-16-22/h1-9,11-16,26H,10,17-19H2. The number of anilines is 1. The molecule has 0 radical (unpaired) electrons. The molecule has 148 valence electrons. The van der Waals surface area contributed by atoms with E-state index >= 15 is 0 Å². The van der Waals surface area contributed by atoms with Gasteiger partial charge in [0.1, 0.15) is 0 Å². The second-order valence-electron chi connectivity index (χ2n) is 7.67. The van der Waals surface area contributed by atoms with Crippen LogP contribution in [0.25, 0.3) is 0 Å². The molecule has 3 aromatic rings. The average molecular weight is 393 g/mol. The number of fused-ring (bicyclic) bond motifs is 1. The van der Waals surface area contributed by atoms with Crippen LogP contribution in [-0.2, 0) is 0 Å². The first-order chi connectivity index (χ1) is 14.9. The Hall–Kier alpha value is -3.53. The molecule has 0 saturated heterocycles. The maximum absolute atomic E-state index is 5.13. The number of azo groups is 1. The number of hydrogen-bond acceptors (Lipinski definition) is 4. The average Bonchev–Trinajstić information content (AvgIpc) is 2.83. The first kappa shape index (κ1) is 18.5. The van der Waals surface area contributed by atoms with Crippen molar-refractivity contribution < 1.29 is 0 Å². The smallest absolute Gasteiger partial charge is 0.0856 e.